The molecule has 0 heterocycles. The predicted octanol–water partition coefficient (Wildman–Crippen LogP) is 9.39. The quantitative estimate of drug-likeness (QED) is 0.261. The molecule has 0 saturated heterocycles. The molecule has 28 heavy (non-hydrogen) atoms. The van der Waals surface area contributed by atoms with E-state index in [0.717, 1.165) is 19.3 Å². The van der Waals surface area contributed by atoms with E-state index in [1.165, 1.54) is 30.4 Å². The van der Waals surface area contributed by atoms with Gasteiger partial charge in [-0.3, -0.25) is 0 Å². The van der Waals surface area contributed by atoms with Crippen LogP contribution in [-0.2, 0) is 0 Å². The van der Waals surface area contributed by atoms with E-state index in [1.807, 2.05) is 0 Å². The van der Waals surface area contributed by atoms with Crippen molar-refractivity contribution in [1.29, 1.82) is 0 Å². The number of allylic oxidation sites excluding steroid dienone is 9. The molecule has 158 valence electrons. The Morgan fingerprint density at radius 2 is 1.54 bits per heavy atom. The van der Waals surface area contributed by atoms with Crippen LogP contribution in [0, 0.1) is 16.2 Å². The monoisotopic (exact) mass is 382 g/mol. The van der Waals surface area contributed by atoms with E-state index in [9.17, 15) is 0 Å². The van der Waals surface area contributed by atoms with Crippen LogP contribution in [-0.4, -0.2) is 0 Å². The SMILES string of the molecule is C=C.C=C(/C=C\CC)C(CC)(CC)CC(CC)(CC)C1=CC=CC(C)(C)C=C1. The Kier molecular flexibility index (Phi) is 11.4. The van der Waals surface area contributed by atoms with Crippen LogP contribution in [0.1, 0.15) is 87.0 Å². The van der Waals surface area contributed by atoms with Gasteiger partial charge in [0.1, 0.15) is 0 Å². The molecule has 0 radical (unpaired) electrons. The molecule has 0 aromatic rings. The normalized spacial score (nSPS) is 16.3. The highest BCUT2D eigenvalue weighted by Gasteiger charge is 2.40. The lowest BCUT2D eigenvalue weighted by atomic mass is 9.60. The van der Waals surface area contributed by atoms with Crippen LogP contribution >= 0.6 is 0 Å². The van der Waals surface area contributed by atoms with Gasteiger partial charge in [-0.25, -0.2) is 0 Å². The molecule has 0 aromatic heterocycles. The summed E-state index contributed by atoms with van der Waals surface area (Å²) in [7, 11) is 0. The maximum Gasteiger partial charge on any atom is 0.00107 e. The molecule has 1 rings (SSSR count). The standard InChI is InChI=1S/C26H42.C2H4/c1-9-14-16-22(6)25(10-2,11-3)21-26(12-4,13-5)23-17-15-19-24(7,8)20-18-23;1-2/h14-20H,6,9-13,21H2,1-5,7-8H3;1-2H2/b16-14-;. The highest BCUT2D eigenvalue weighted by Crippen LogP contribution is 2.52. The van der Waals surface area contributed by atoms with Crippen LogP contribution in [0.25, 0.3) is 0 Å². The van der Waals surface area contributed by atoms with Gasteiger partial charge in [0.15, 0.2) is 0 Å². The first-order valence-corrected chi connectivity index (χ1v) is 11.2. The average Bonchev–Trinajstić information content (AvgIpc) is 2.90. The maximum absolute atomic E-state index is 4.51. The summed E-state index contributed by atoms with van der Waals surface area (Å²) in [5.74, 6) is 0. The summed E-state index contributed by atoms with van der Waals surface area (Å²) in [6.45, 7) is 26.6. The lowest BCUT2D eigenvalue weighted by Gasteiger charge is -2.44. The molecule has 1 aliphatic carbocycles. The fraction of sp³-hybridized carbons (Fsp3) is 0.571. The van der Waals surface area contributed by atoms with Crippen molar-refractivity contribution in [3.8, 4) is 0 Å². The third kappa shape index (κ3) is 6.50. The fourth-order valence-corrected chi connectivity index (χ4v) is 4.33. The first-order valence-electron chi connectivity index (χ1n) is 11.2. The highest BCUT2D eigenvalue weighted by molar-refractivity contribution is 5.37. The Morgan fingerprint density at radius 1 is 0.964 bits per heavy atom. The minimum Gasteiger partial charge on any atom is -0.106 e. The fourth-order valence-electron chi connectivity index (χ4n) is 4.33. The molecule has 0 fully saturated rings. The summed E-state index contributed by atoms with van der Waals surface area (Å²) in [5.41, 5.74) is 3.31. The molecule has 0 heteroatoms. The van der Waals surface area contributed by atoms with Gasteiger partial charge < -0.3 is 0 Å². The summed E-state index contributed by atoms with van der Waals surface area (Å²) in [4.78, 5) is 0. The third-order valence-corrected chi connectivity index (χ3v) is 6.73. The lowest BCUT2D eigenvalue weighted by molar-refractivity contribution is 0.175. The molecule has 0 saturated carbocycles. The number of rotatable bonds is 10. The van der Waals surface area contributed by atoms with Crippen LogP contribution < -0.4 is 0 Å². The predicted molar refractivity (Wildman–Crippen MR) is 131 cm³/mol. The van der Waals surface area contributed by atoms with E-state index in [2.05, 4.69) is 111 Å². The molecule has 0 aromatic carbocycles. The van der Waals surface area contributed by atoms with Gasteiger partial charge in [-0.1, -0.05) is 97.6 Å². The summed E-state index contributed by atoms with van der Waals surface area (Å²) in [6, 6.07) is 0. The topological polar surface area (TPSA) is 0 Å². The van der Waals surface area contributed by atoms with Gasteiger partial charge in [-0.2, -0.15) is 0 Å². The largest absolute Gasteiger partial charge is 0.106 e. The molecule has 0 spiro atoms. The Labute approximate surface area is 176 Å². The van der Waals surface area contributed by atoms with Crippen molar-refractivity contribution >= 4 is 0 Å². The van der Waals surface area contributed by atoms with Gasteiger partial charge in [0.05, 0.1) is 0 Å². The van der Waals surface area contributed by atoms with Crippen molar-refractivity contribution < 1.29 is 0 Å². The Balaban J connectivity index is 0.00000352. The lowest BCUT2D eigenvalue weighted by Crippen LogP contribution is -2.33. The molecule has 0 unspecified atom stereocenters. The van der Waals surface area contributed by atoms with Crippen molar-refractivity contribution in [3.63, 3.8) is 0 Å². The Morgan fingerprint density at radius 3 is 2.00 bits per heavy atom. The molecular formula is C28H46. The smallest absolute Gasteiger partial charge is 0.00107 e. The van der Waals surface area contributed by atoms with Crippen LogP contribution in [0.15, 0.2) is 73.4 Å². The summed E-state index contributed by atoms with van der Waals surface area (Å²) in [6.07, 6.45) is 23.1. The molecule has 0 N–H and O–H groups in total. The van der Waals surface area contributed by atoms with E-state index in [-0.39, 0.29) is 16.2 Å². The van der Waals surface area contributed by atoms with E-state index in [1.54, 1.807) is 0 Å². The molecule has 1 aliphatic rings. The second kappa shape index (κ2) is 12.1. The van der Waals surface area contributed by atoms with E-state index >= 15 is 0 Å². The van der Waals surface area contributed by atoms with Crippen LogP contribution in [0.3, 0.4) is 0 Å². The van der Waals surface area contributed by atoms with E-state index in [4.69, 9.17) is 0 Å². The molecular weight excluding hydrogens is 336 g/mol. The summed E-state index contributed by atoms with van der Waals surface area (Å²) < 4.78 is 0. The molecule has 0 aliphatic heterocycles. The minimum atomic E-state index is 0.130. The first-order chi connectivity index (χ1) is 13.2. The number of hydrogen-bond acceptors (Lipinski definition) is 0. The third-order valence-electron chi connectivity index (χ3n) is 6.73. The summed E-state index contributed by atoms with van der Waals surface area (Å²) in [5, 5.41) is 0. The van der Waals surface area contributed by atoms with Crippen LogP contribution in [0.5, 0.6) is 0 Å². The molecule has 0 atom stereocenters. The second-order valence-corrected chi connectivity index (χ2v) is 8.62. The minimum absolute atomic E-state index is 0.130. The van der Waals surface area contributed by atoms with E-state index in [0.29, 0.717) is 0 Å². The van der Waals surface area contributed by atoms with Crippen molar-refractivity contribution in [2.24, 2.45) is 16.2 Å². The zero-order chi connectivity index (χ0) is 21.8. The Bertz CT molecular complexity index is 584. The maximum atomic E-state index is 4.51. The van der Waals surface area contributed by atoms with Crippen molar-refractivity contribution in [1.82, 2.24) is 0 Å². The molecule has 0 nitrogen and oxygen atoms in total. The highest BCUT2D eigenvalue weighted by atomic mass is 14.4. The van der Waals surface area contributed by atoms with Gasteiger partial charge in [0.25, 0.3) is 0 Å². The van der Waals surface area contributed by atoms with Crippen molar-refractivity contribution in [2.75, 3.05) is 0 Å². The molecule has 0 bridgehead atoms. The van der Waals surface area contributed by atoms with Crippen LogP contribution in [0.4, 0.5) is 0 Å². The summed E-state index contributed by atoms with van der Waals surface area (Å²) >= 11 is 0. The zero-order valence-electron chi connectivity index (χ0n) is 19.9. The van der Waals surface area contributed by atoms with Crippen molar-refractivity contribution in [3.05, 3.63) is 73.4 Å². The van der Waals surface area contributed by atoms with Crippen LogP contribution in [0.2, 0.25) is 0 Å². The number of hydrogen-bond donors (Lipinski definition) is 0. The van der Waals surface area contributed by atoms with Gasteiger partial charge >= 0.3 is 0 Å². The van der Waals surface area contributed by atoms with Gasteiger partial charge in [-0.15, -0.1) is 13.2 Å². The van der Waals surface area contributed by atoms with E-state index < -0.39 is 0 Å². The average molecular weight is 383 g/mol. The van der Waals surface area contributed by atoms with Gasteiger partial charge in [-0.05, 0) is 60.5 Å². The second-order valence-electron chi connectivity index (χ2n) is 8.62. The zero-order valence-corrected chi connectivity index (χ0v) is 19.9. The van der Waals surface area contributed by atoms with Gasteiger partial charge in [0.2, 0.25) is 0 Å². The van der Waals surface area contributed by atoms with Crippen molar-refractivity contribution in [2.45, 2.75) is 87.0 Å². The molecule has 0 amide bonds. The first kappa shape index (κ1) is 26.4. The Hall–Kier alpha value is -1.56. The van der Waals surface area contributed by atoms with Gasteiger partial charge in [0, 0.05) is 5.41 Å².